The third kappa shape index (κ3) is 2.25. The smallest absolute Gasteiger partial charge is 0.289 e. The van der Waals surface area contributed by atoms with Crippen LogP contribution in [0, 0.1) is 12.3 Å². The molecule has 2 amide bonds. The first-order chi connectivity index (χ1) is 9.08. The van der Waals surface area contributed by atoms with Crippen molar-refractivity contribution in [2.75, 3.05) is 19.6 Å². The lowest BCUT2D eigenvalue weighted by molar-refractivity contribution is -0.119. The van der Waals surface area contributed by atoms with Gasteiger partial charge < -0.3 is 14.6 Å². The number of nitrogens with zero attached hydrogens (tertiary/aromatic N) is 1. The van der Waals surface area contributed by atoms with Crippen molar-refractivity contribution in [2.24, 2.45) is 5.41 Å². The fraction of sp³-hybridized carbons (Fsp3) is 0.571. The maximum absolute atomic E-state index is 12.2. The lowest BCUT2D eigenvalue weighted by atomic mass is 9.77. The van der Waals surface area contributed by atoms with Gasteiger partial charge in [0, 0.05) is 26.1 Å². The molecule has 1 aromatic heterocycles. The highest BCUT2D eigenvalue weighted by atomic mass is 16.3. The van der Waals surface area contributed by atoms with E-state index in [1.807, 2.05) is 11.8 Å². The first kappa shape index (κ1) is 12.3. The number of aryl methyl sites for hydroxylation is 1. The number of hydrogen-bond donors (Lipinski definition) is 1. The molecule has 1 spiro atoms. The summed E-state index contributed by atoms with van der Waals surface area (Å²) in [5.41, 5.74) is 0.0763. The van der Waals surface area contributed by atoms with E-state index in [1.54, 1.807) is 12.1 Å². The van der Waals surface area contributed by atoms with Crippen LogP contribution in [-0.2, 0) is 4.79 Å². The first-order valence-electron chi connectivity index (χ1n) is 6.70. The molecule has 2 aliphatic heterocycles. The molecule has 3 heterocycles. The second kappa shape index (κ2) is 4.40. The molecule has 0 bridgehead atoms. The second-order valence-electron chi connectivity index (χ2n) is 5.66. The number of carbonyl (C=O) groups excluding carboxylic acids is 2. The Morgan fingerprint density at radius 1 is 1.37 bits per heavy atom. The average molecular weight is 262 g/mol. The van der Waals surface area contributed by atoms with Crippen molar-refractivity contribution in [1.82, 2.24) is 10.2 Å². The summed E-state index contributed by atoms with van der Waals surface area (Å²) in [6.07, 6.45) is 2.38. The number of furan rings is 1. The van der Waals surface area contributed by atoms with Gasteiger partial charge in [0.05, 0.1) is 0 Å². The number of likely N-dealkylation sites (tertiary alicyclic amines) is 1. The van der Waals surface area contributed by atoms with Gasteiger partial charge in [-0.15, -0.1) is 0 Å². The summed E-state index contributed by atoms with van der Waals surface area (Å²) in [5.74, 6) is 1.26. The van der Waals surface area contributed by atoms with Gasteiger partial charge in [-0.05, 0) is 37.3 Å². The molecule has 5 nitrogen and oxygen atoms in total. The molecular formula is C14H18N2O3. The number of nitrogens with one attached hydrogen (secondary N) is 1. The van der Waals surface area contributed by atoms with E-state index in [0.29, 0.717) is 25.3 Å². The van der Waals surface area contributed by atoms with Gasteiger partial charge in [-0.2, -0.15) is 0 Å². The van der Waals surface area contributed by atoms with Gasteiger partial charge in [-0.3, -0.25) is 9.59 Å². The molecule has 1 N–H and O–H groups in total. The van der Waals surface area contributed by atoms with Crippen molar-refractivity contribution < 1.29 is 14.0 Å². The first-order valence-corrected chi connectivity index (χ1v) is 6.70. The van der Waals surface area contributed by atoms with E-state index in [0.717, 1.165) is 25.1 Å². The summed E-state index contributed by atoms with van der Waals surface area (Å²) in [7, 11) is 0. The topological polar surface area (TPSA) is 62.6 Å². The molecule has 2 saturated heterocycles. The number of carbonyl (C=O) groups is 2. The van der Waals surface area contributed by atoms with Crippen molar-refractivity contribution >= 4 is 11.8 Å². The van der Waals surface area contributed by atoms with Crippen LogP contribution in [0.5, 0.6) is 0 Å². The fourth-order valence-electron chi connectivity index (χ4n) is 2.99. The van der Waals surface area contributed by atoms with E-state index < -0.39 is 0 Å². The molecule has 0 saturated carbocycles. The van der Waals surface area contributed by atoms with E-state index in [4.69, 9.17) is 4.42 Å². The highest BCUT2D eigenvalue weighted by molar-refractivity contribution is 5.91. The quantitative estimate of drug-likeness (QED) is 0.830. The Balaban J connectivity index is 1.64. The largest absolute Gasteiger partial charge is 0.456 e. The van der Waals surface area contributed by atoms with E-state index in [-0.39, 0.29) is 17.2 Å². The third-order valence-electron chi connectivity index (χ3n) is 4.26. The van der Waals surface area contributed by atoms with Crippen LogP contribution in [0.3, 0.4) is 0 Å². The third-order valence-corrected chi connectivity index (χ3v) is 4.26. The highest BCUT2D eigenvalue weighted by Crippen LogP contribution is 2.37. The summed E-state index contributed by atoms with van der Waals surface area (Å²) in [5, 5.41) is 2.90. The van der Waals surface area contributed by atoms with Gasteiger partial charge in [-0.25, -0.2) is 0 Å². The summed E-state index contributed by atoms with van der Waals surface area (Å²) in [6, 6.07) is 3.53. The zero-order chi connectivity index (χ0) is 13.5. The molecule has 102 valence electrons. The molecule has 3 rings (SSSR count). The number of hydrogen-bond acceptors (Lipinski definition) is 3. The highest BCUT2D eigenvalue weighted by Gasteiger charge is 2.41. The zero-order valence-corrected chi connectivity index (χ0v) is 11.1. The zero-order valence-electron chi connectivity index (χ0n) is 11.1. The Hall–Kier alpha value is -1.78. The van der Waals surface area contributed by atoms with Gasteiger partial charge in [0.25, 0.3) is 5.91 Å². The average Bonchev–Trinajstić information content (AvgIpc) is 2.97. The minimum absolute atomic E-state index is 0.0415. The van der Waals surface area contributed by atoms with Crippen LogP contribution in [-0.4, -0.2) is 36.3 Å². The molecule has 0 radical (unpaired) electrons. The Kier molecular flexibility index (Phi) is 2.84. The number of amides is 2. The lowest BCUT2D eigenvalue weighted by Crippen LogP contribution is -2.43. The lowest BCUT2D eigenvalue weighted by Gasteiger charge is -2.37. The summed E-state index contributed by atoms with van der Waals surface area (Å²) < 4.78 is 5.37. The van der Waals surface area contributed by atoms with Crippen LogP contribution >= 0.6 is 0 Å². The molecule has 1 aromatic rings. The predicted molar refractivity (Wildman–Crippen MR) is 68.6 cm³/mol. The molecular weight excluding hydrogens is 244 g/mol. The minimum atomic E-state index is -0.0415. The Morgan fingerprint density at radius 3 is 2.63 bits per heavy atom. The van der Waals surface area contributed by atoms with Crippen LogP contribution in [0.15, 0.2) is 16.5 Å². The van der Waals surface area contributed by atoms with E-state index >= 15 is 0 Å². The number of piperidine rings is 1. The van der Waals surface area contributed by atoms with E-state index in [9.17, 15) is 9.59 Å². The van der Waals surface area contributed by atoms with Crippen LogP contribution < -0.4 is 5.32 Å². The van der Waals surface area contributed by atoms with Crippen molar-refractivity contribution in [3.05, 3.63) is 23.7 Å². The van der Waals surface area contributed by atoms with E-state index in [1.165, 1.54) is 0 Å². The maximum Gasteiger partial charge on any atom is 0.289 e. The van der Waals surface area contributed by atoms with Crippen molar-refractivity contribution in [3.63, 3.8) is 0 Å². The molecule has 2 aliphatic rings. The summed E-state index contributed by atoms with van der Waals surface area (Å²) >= 11 is 0. The standard InChI is InChI=1S/C14H18N2O3/c1-10-2-3-11(19-10)13(18)16-6-4-14(5-7-16)8-12(17)15-9-14/h2-3H,4-9H2,1H3,(H,15,17). The van der Waals surface area contributed by atoms with E-state index in [2.05, 4.69) is 5.32 Å². The van der Waals surface area contributed by atoms with Crippen molar-refractivity contribution in [3.8, 4) is 0 Å². The summed E-state index contributed by atoms with van der Waals surface area (Å²) in [6.45, 7) is 3.99. The fourth-order valence-corrected chi connectivity index (χ4v) is 2.99. The van der Waals surface area contributed by atoms with Crippen molar-refractivity contribution in [2.45, 2.75) is 26.2 Å². The summed E-state index contributed by atoms with van der Waals surface area (Å²) in [4.78, 5) is 25.4. The Bertz CT molecular complexity index is 513. The Morgan fingerprint density at radius 2 is 2.11 bits per heavy atom. The maximum atomic E-state index is 12.2. The second-order valence-corrected chi connectivity index (χ2v) is 5.66. The predicted octanol–water partition coefficient (Wildman–Crippen LogP) is 1.33. The van der Waals surface area contributed by atoms with Gasteiger partial charge in [0.15, 0.2) is 5.76 Å². The van der Waals surface area contributed by atoms with Crippen LogP contribution in [0.2, 0.25) is 0 Å². The van der Waals surface area contributed by atoms with Gasteiger partial charge in [-0.1, -0.05) is 0 Å². The molecule has 0 aromatic carbocycles. The monoisotopic (exact) mass is 262 g/mol. The molecule has 0 atom stereocenters. The van der Waals surface area contributed by atoms with Gasteiger partial charge in [0.1, 0.15) is 5.76 Å². The minimum Gasteiger partial charge on any atom is -0.456 e. The van der Waals surface area contributed by atoms with Crippen LogP contribution in [0.4, 0.5) is 0 Å². The van der Waals surface area contributed by atoms with Crippen LogP contribution in [0.25, 0.3) is 0 Å². The number of rotatable bonds is 1. The molecule has 0 unspecified atom stereocenters. The van der Waals surface area contributed by atoms with Crippen LogP contribution in [0.1, 0.15) is 35.6 Å². The van der Waals surface area contributed by atoms with Crippen molar-refractivity contribution in [1.29, 1.82) is 0 Å². The SMILES string of the molecule is Cc1ccc(C(=O)N2CCC3(CC2)CNC(=O)C3)o1. The van der Waals surface area contributed by atoms with Gasteiger partial charge in [0.2, 0.25) is 5.91 Å². The molecule has 5 heteroatoms. The normalized spacial score (nSPS) is 21.7. The molecule has 2 fully saturated rings. The molecule has 19 heavy (non-hydrogen) atoms. The van der Waals surface area contributed by atoms with Gasteiger partial charge >= 0.3 is 0 Å². The molecule has 0 aliphatic carbocycles. The Labute approximate surface area is 111 Å².